The molecule has 3 heteroatoms. The monoisotopic (exact) mass is 270 g/mol. The highest BCUT2D eigenvalue weighted by Gasteiger charge is 2.25. The van der Waals surface area contributed by atoms with E-state index >= 15 is 0 Å². The van der Waals surface area contributed by atoms with Crippen LogP contribution < -0.4 is 10.5 Å². The van der Waals surface area contributed by atoms with Crippen LogP contribution in [0, 0.1) is 11.8 Å². The minimum Gasteiger partial charge on any atom is -0.488 e. The summed E-state index contributed by atoms with van der Waals surface area (Å²) in [6.07, 6.45) is 7.44. The molecule has 0 saturated heterocycles. The molecule has 3 nitrogen and oxygen atoms in total. The molecule has 1 heterocycles. The number of nitrogen functional groups attached to an aromatic ring is 1. The zero-order chi connectivity index (χ0) is 14.1. The van der Waals surface area contributed by atoms with Crippen LogP contribution in [0.5, 0.6) is 5.75 Å². The number of nitrogens with zero attached hydrogens (tertiary/aromatic N) is 1. The van der Waals surface area contributed by atoms with Gasteiger partial charge >= 0.3 is 0 Å². The van der Waals surface area contributed by atoms with Crippen LogP contribution in [0.15, 0.2) is 30.6 Å². The molecule has 1 aromatic heterocycles. The zero-order valence-electron chi connectivity index (χ0n) is 12.2. The van der Waals surface area contributed by atoms with E-state index in [1.165, 1.54) is 6.42 Å². The smallest absolute Gasteiger partial charge is 0.143 e. The lowest BCUT2D eigenvalue weighted by Gasteiger charge is -2.32. The lowest BCUT2D eigenvalue weighted by Crippen LogP contribution is -2.28. The highest BCUT2D eigenvalue weighted by molar-refractivity contribution is 5.95. The van der Waals surface area contributed by atoms with Crippen LogP contribution >= 0.6 is 0 Å². The van der Waals surface area contributed by atoms with E-state index in [0.29, 0.717) is 0 Å². The molecule has 0 spiro atoms. The Hall–Kier alpha value is -1.77. The Balaban J connectivity index is 1.85. The number of rotatable bonds is 2. The standard InChI is InChI=1S/C17H22N2O/c1-11-7-12(2)9-14(8-11)20-16-4-3-13-10-19-6-5-15(13)17(16)18/h3-6,10-12,14H,7-9,18H2,1-2H3. The van der Waals surface area contributed by atoms with Crippen LogP contribution in [-0.4, -0.2) is 11.1 Å². The van der Waals surface area contributed by atoms with Gasteiger partial charge in [-0.25, -0.2) is 0 Å². The quantitative estimate of drug-likeness (QED) is 0.838. The second kappa shape index (κ2) is 5.31. The third-order valence-corrected chi connectivity index (χ3v) is 4.25. The molecular weight excluding hydrogens is 248 g/mol. The van der Waals surface area contributed by atoms with E-state index in [4.69, 9.17) is 10.5 Å². The molecule has 20 heavy (non-hydrogen) atoms. The van der Waals surface area contributed by atoms with Gasteiger partial charge in [-0.15, -0.1) is 0 Å². The second-order valence-corrected chi connectivity index (χ2v) is 6.23. The third-order valence-electron chi connectivity index (χ3n) is 4.25. The van der Waals surface area contributed by atoms with Crippen LogP contribution in [0.2, 0.25) is 0 Å². The molecule has 2 aromatic rings. The maximum absolute atomic E-state index is 6.25. The van der Waals surface area contributed by atoms with Crippen molar-refractivity contribution in [2.24, 2.45) is 11.8 Å². The number of aromatic nitrogens is 1. The van der Waals surface area contributed by atoms with Gasteiger partial charge in [0.15, 0.2) is 0 Å². The fourth-order valence-electron chi connectivity index (χ4n) is 3.42. The molecule has 0 amide bonds. The first kappa shape index (κ1) is 13.2. The summed E-state index contributed by atoms with van der Waals surface area (Å²) in [5.41, 5.74) is 6.98. The van der Waals surface area contributed by atoms with Crippen molar-refractivity contribution < 1.29 is 4.74 Å². The molecule has 2 N–H and O–H groups in total. The molecule has 1 aliphatic carbocycles. The van der Waals surface area contributed by atoms with Gasteiger partial charge in [0.2, 0.25) is 0 Å². The van der Waals surface area contributed by atoms with Crippen LogP contribution in [0.25, 0.3) is 10.8 Å². The Morgan fingerprint density at radius 3 is 2.60 bits per heavy atom. The van der Waals surface area contributed by atoms with E-state index in [2.05, 4.69) is 18.8 Å². The fourth-order valence-corrected chi connectivity index (χ4v) is 3.42. The maximum atomic E-state index is 6.25. The largest absolute Gasteiger partial charge is 0.488 e. The Bertz CT molecular complexity index is 601. The minimum atomic E-state index is 0.287. The molecule has 106 valence electrons. The van der Waals surface area contributed by atoms with Crippen molar-refractivity contribution >= 4 is 16.5 Å². The molecule has 1 saturated carbocycles. The van der Waals surface area contributed by atoms with Crippen LogP contribution in [0.4, 0.5) is 5.69 Å². The summed E-state index contributed by atoms with van der Waals surface area (Å²) >= 11 is 0. The topological polar surface area (TPSA) is 48.1 Å². The highest BCUT2D eigenvalue weighted by Crippen LogP contribution is 2.35. The molecule has 0 radical (unpaired) electrons. The zero-order valence-corrected chi connectivity index (χ0v) is 12.2. The van der Waals surface area contributed by atoms with Crippen molar-refractivity contribution in [3.05, 3.63) is 30.6 Å². The molecule has 1 aliphatic rings. The number of fused-ring (bicyclic) bond motifs is 1. The maximum Gasteiger partial charge on any atom is 0.143 e. The summed E-state index contributed by atoms with van der Waals surface area (Å²) in [6.45, 7) is 4.61. The van der Waals surface area contributed by atoms with E-state index in [1.54, 1.807) is 6.20 Å². The van der Waals surface area contributed by atoms with Gasteiger partial charge in [-0.3, -0.25) is 4.98 Å². The summed E-state index contributed by atoms with van der Waals surface area (Å²) in [4.78, 5) is 4.12. The second-order valence-electron chi connectivity index (χ2n) is 6.23. The lowest BCUT2D eigenvalue weighted by atomic mass is 9.82. The predicted octanol–water partition coefficient (Wildman–Crippen LogP) is 4.02. The van der Waals surface area contributed by atoms with Gasteiger partial charge in [-0.05, 0) is 49.3 Å². The third kappa shape index (κ3) is 2.58. The molecule has 2 unspecified atom stereocenters. The molecule has 0 bridgehead atoms. The van der Waals surface area contributed by atoms with Crippen molar-refractivity contribution in [2.45, 2.75) is 39.2 Å². The fraction of sp³-hybridized carbons (Fsp3) is 0.471. The van der Waals surface area contributed by atoms with Crippen molar-refractivity contribution in [3.63, 3.8) is 0 Å². The van der Waals surface area contributed by atoms with E-state index in [0.717, 1.165) is 46.9 Å². The van der Waals surface area contributed by atoms with Gasteiger partial charge < -0.3 is 10.5 Å². The first-order chi connectivity index (χ1) is 9.63. The van der Waals surface area contributed by atoms with Gasteiger partial charge in [-0.1, -0.05) is 13.8 Å². The number of pyridine rings is 1. The lowest BCUT2D eigenvalue weighted by molar-refractivity contribution is 0.102. The Kier molecular flexibility index (Phi) is 3.51. The Morgan fingerprint density at radius 1 is 1.10 bits per heavy atom. The van der Waals surface area contributed by atoms with Gasteiger partial charge in [-0.2, -0.15) is 0 Å². The average molecular weight is 270 g/mol. The normalized spacial score (nSPS) is 26.6. The Labute approximate surface area is 120 Å². The summed E-state index contributed by atoms with van der Waals surface area (Å²) in [5, 5.41) is 2.08. The number of anilines is 1. The SMILES string of the molecule is CC1CC(C)CC(Oc2ccc3cnccc3c2N)C1. The number of hydrogen-bond acceptors (Lipinski definition) is 3. The summed E-state index contributed by atoms with van der Waals surface area (Å²) in [5.74, 6) is 2.28. The summed E-state index contributed by atoms with van der Waals surface area (Å²) in [7, 11) is 0. The first-order valence-electron chi connectivity index (χ1n) is 7.42. The first-order valence-corrected chi connectivity index (χ1v) is 7.42. The van der Waals surface area contributed by atoms with Gasteiger partial charge in [0.05, 0.1) is 11.8 Å². The number of nitrogens with two attached hydrogens (primary N) is 1. The molecule has 1 aromatic carbocycles. The summed E-state index contributed by atoms with van der Waals surface area (Å²) < 4.78 is 6.19. The van der Waals surface area contributed by atoms with Crippen LogP contribution in [-0.2, 0) is 0 Å². The molecule has 2 atom stereocenters. The molecule has 1 fully saturated rings. The van der Waals surface area contributed by atoms with Gasteiger partial charge in [0.25, 0.3) is 0 Å². The van der Waals surface area contributed by atoms with Crippen molar-refractivity contribution in [3.8, 4) is 5.75 Å². The van der Waals surface area contributed by atoms with E-state index < -0.39 is 0 Å². The minimum absolute atomic E-state index is 0.287. The van der Waals surface area contributed by atoms with Gasteiger partial charge in [0, 0.05) is 23.2 Å². The van der Waals surface area contributed by atoms with Gasteiger partial charge in [0.1, 0.15) is 5.75 Å². The van der Waals surface area contributed by atoms with Crippen molar-refractivity contribution in [2.75, 3.05) is 5.73 Å². The van der Waals surface area contributed by atoms with Crippen LogP contribution in [0.1, 0.15) is 33.1 Å². The van der Waals surface area contributed by atoms with E-state index in [9.17, 15) is 0 Å². The van der Waals surface area contributed by atoms with Crippen molar-refractivity contribution in [1.29, 1.82) is 0 Å². The molecule has 3 rings (SSSR count). The number of hydrogen-bond donors (Lipinski definition) is 1. The molecular formula is C17H22N2O. The van der Waals surface area contributed by atoms with E-state index in [1.807, 2.05) is 24.4 Å². The number of ether oxygens (including phenoxy) is 1. The van der Waals surface area contributed by atoms with Crippen molar-refractivity contribution in [1.82, 2.24) is 4.98 Å². The predicted molar refractivity (Wildman–Crippen MR) is 82.8 cm³/mol. The number of benzene rings is 1. The van der Waals surface area contributed by atoms with Crippen LogP contribution in [0.3, 0.4) is 0 Å². The highest BCUT2D eigenvalue weighted by atomic mass is 16.5. The average Bonchev–Trinajstić information content (AvgIpc) is 2.41. The summed E-state index contributed by atoms with van der Waals surface area (Å²) in [6, 6.07) is 5.96. The Morgan fingerprint density at radius 2 is 1.85 bits per heavy atom. The molecule has 0 aliphatic heterocycles. The van der Waals surface area contributed by atoms with E-state index in [-0.39, 0.29) is 6.10 Å².